The molecule has 0 aliphatic rings. The Hall–Kier alpha value is -2.29. The molecule has 3 heteroatoms. The number of benzene rings is 2. The average molecular weight is 254 g/mol. The first-order valence-electron chi connectivity index (χ1n) is 6.26. The second-order valence-electron chi connectivity index (χ2n) is 4.80. The highest BCUT2D eigenvalue weighted by molar-refractivity contribution is 5.93. The van der Waals surface area contributed by atoms with Gasteiger partial charge in [0.25, 0.3) is 0 Å². The Labute approximate surface area is 113 Å². The average Bonchev–Trinajstić information content (AvgIpc) is 2.30. The number of anilines is 2. The van der Waals surface area contributed by atoms with E-state index in [9.17, 15) is 4.79 Å². The summed E-state index contributed by atoms with van der Waals surface area (Å²) in [6.45, 7) is 4.02. The van der Waals surface area contributed by atoms with Gasteiger partial charge in [0.15, 0.2) is 0 Å². The summed E-state index contributed by atoms with van der Waals surface area (Å²) in [6, 6.07) is 13.4. The number of nitrogen functional groups attached to an aromatic ring is 1. The van der Waals surface area contributed by atoms with Crippen LogP contribution in [0.2, 0.25) is 0 Å². The van der Waals surface area contributed by atoms with Gasteiger partial charge in [-0.15, -0.1) is 0 Å². The van der Waals surface area contributed by atoms with Crippen LogP contribution in [0.25, 0.3) is 0 Å². The zero-order valence-corrected chi connectivity index (χ0v) is 11.2. The molecule has 0 saturated carbocycles. The number of carbonyl (C=O) groups excluding carboxylic acids is 1. The van der Waals surface area contributed by atoms with Gasteiger partial charge in [0, 0.05) is 11.4 Å². The zero-order chi connectivity index (χ0) is 13.8. The second kappa shape index (κ2) is 5.57. The van der Waals surface area contributed by atoms with E-state index in [4.69, 9.17) is 5.73 Å². The van der Waals surface area contributed by atoms with Crippen molar-refractivity contribution in [3.63, 3.8) is 0 Å². The maximum atomic E-state index is 12.0. The van der Waals surface area contributed by atoms with Crippen molar-refractivity contribution in [1.29, 1.82) is 0 Å². The molecule has 0 aliphatic heterocycles. The molecule has 3 nitrogen and oxygen atoms in total. The number of amides is 1. The summed E-state index contributed by atoms with van der Waals surface area (Å²) in [4.78, 5) is 12.0. The lowest BCUT2D eigenvalue weighted by Crippen LogP contribution is -2.15. The molecule has 3 N–H and O–H groups in total. The van der Waals surface area contributed by atoms with E-state index >= 15 is 0 Å². The third-order valence-corrected chi connectivity index (χ3v) is 2.91. The van der Waals surface area contributed by atoms with Crippen molar-refractivity contribution in [2.45, 2.75) is 20.3 Å². The molecule has 0 aliphatic carbocycles. The molecule has 0 aromatic heterocycles. The quantitative estimate of drug-likeness (QED) is 0.827. The lowest BCUT2D eigenvalue weighted by atomic mass is 10.1. The van der Waals surface area contributed by atoms with Gasteiger partial charge in [-0.25, -0.2) is 0 Å². The molecule has 0 spiro atoms. The Morgan fingerprint density at radius 3 is 2.37 bits per heavy atom. The number of carbonyl (C=O) groups is 1. The minimum atomic E-state index is -0.0529. The monoisotopic (exact) mass is 254 g/mol. The van der Waals surface area contributed by atoms with Crippen LogP contribution in [0, 0.1) is 13.8 Å². The maximum absolute atomic E-state index is 12.0. The third-order valence-electron chi connectivity index (χ3n) is 2.91. The van der Waals surface area contributed by atoms with E-state index in [1.165, 1.54) is 0 Å². The standard InChI is InChI=1S/C16H18N2O/c1-11-7-12(2)9-14(8-11)18-16(19)10-13-5-3-4-6-15(13)17/h3-9H,10,17H2,1-2H3,(H,18,19). The number of para-hydroxylation sites is 1. The first kappa shape index (κ1) is 13.1. The predicted molar refractivity (Wildman–Crippen MR) is 79.1 cm³/mol. The molecule has 0 atom stereocenters. The van der Waals surface area contributed by atoms with Crippen molar-refractivity contribution in [3.05, 3.63) is 59.2 Å². The molecule has 0 bridgehead atoms. The molecular weight excluding hydrogens is 236 g/mol. The second-order valence-corrected chi connectivity index (χ2v) is 4.80. The molecule has 98 valence electrons. The molecule has 2 rings (SSSR count). The maximum Gasteiger partial charge on any atom is 0.228 e. The Morgan fingerprint density at radius 1 is 1.11 bits per heavy atom. The number of hydrogen-bond acceptors (Lipinski definition) is 2. The Bertz CT molecular complexity index is 585. The van der Waals surface area contributed by atoms with Crippen molar-refractivity contribution in [1.82, 2.24) is 0 Å². The van der Waals surface area contributed by atoms with E-state index in [2.05, 4.69) is 11.4 Å². The highest BCUT2D eigenvalue weighted by Crippen LogP contribution is 2.15. The van der Waals surface area contributed by atoms with Crippen molar-refractivity contribution < 1.29 is 4.79 Å². The largest absolute Gasteiger partial charge is 0.398 e. The number of hydrogen-bond donors (Lipinski definition) is 2. The summed E-state index contributed by atoms with van der Waals surface area (Å²) < 4.78 is 0. The van der Waals surface area contributed by atoms with Crippen LogP contribution in [0.1, 0.15) is 16.7 Å². The van der Waals surface area contributed by atoms with Gasteiger partial charge in [0.1, 0.15) is 0 Å². The van der Waals surface area contributed by atoms with Gasteiger partial charge in [0.05, 0.1) is 6.42 Å². The van der Waals surface area contributed by atoms with Gasteiger partial charge in [0.2, 0.25) is 5.91 Å². The minimum Gasteiger partial charge on any atom is -0.398 e. The molecule has 0 radical (unpaired) electrons. The SMILES string of the molecule is Cc1cc(C)cc(NC(=O)Cc2ccccc2N)c1. The van der Waals surface area contributed by atoms with E-state index in [0.717, 1.165) is 22.4 Å². The molecule has 2 aromatic rings. The van der Waals surface area contributed by atoms with Gasteiger partial charge >= 0.3 is 0 Å². The smallest absolute Gasteiger partial charge is 0.228 e. The van der Waals surface area contributed by atoms with E-state index in [0.29, 0.717) is 12.1 Å². The van der Waals surface area contributed by atoms with Crippen LogP contribution >= 0.6 is 0 Å². The van der Waals surface area contributed by atoms with E-state index in [1.54, 1.807) is 6.07 Å². The summed E-state index contributed by atoms with van der Waals surface area (Å²) in [5.41, 5.74) is 10.4. The van der Waals surface area contributed by atoms with Gasteiger partial charge in [-0.1, -0.05) is 24.3 Å². The Balaban J connectivity index is 2.07. The lowest BCUT2D eigenvalue weighted by Gasteiger charge is -2.09. The van der Waals surface area contributed by atoms with Crippen molar-refractivity contribution >= 4 is 17.3 Å². The fourth-order valence-electron chi connectivity index (χ4n) is 2.12. The molecule has 1 amide bonds. The number of aryl methyl sites for hydroxylation is 2. The highest BCUT2D eigenvalue weighted by atomic mass is 16.1. The van der Waals surface area contributed by atoms with Crippen LogP contribution in [0.3, 0.4) is 0 Å². The van der Waals surface area contributed by atoms with Crippen LogP contribution in [0.5, 0.6) is 0 Å². The number of nitrogens with two attached hydrogens (primary N) is 1. The molecule has 0 fully saturated rings. The summed E-state index contributed by atoms with van der Waals surface area (Å²) in [7, 11) is 0. The van der Waals surface area contributed by atoms with Crippen LogP contribution < -0.4 is 11.1 Å². The molecule has 0 unspecified atom stereocenters. The molecule has 0 heterocycles. The zero-order valence-electron chi connectivity index (χ0n) is 11.2. The van der Waals surface area contributed by atoms with Crippen molar-refractivity contribution in [2.24, 2.45) is 0 Å². The van der Waals surface area contributed by atoms with Gasteiger partial charge in [-0.2, -0.15) is 0 Å². The number of rotatable bonds is 3. The van der Waals surface area contributed by atoms with Gasteiger partial charge in [-0.05, 0) is 48.7 Å². The van der Waals surface area contributed by atoms with E-state index in [-0.39, 0.29) is 5.91 Å². The molecule has 2 aromatic carbocycles. The van der Waals surface area contributed by atoms with Crippen molar-refractivity contribution in [2.75, 3.05) is 11.1 Å². The summed E-state index contributed by atoms with van der Waals surface area (Å²) in [5.74, 6) is -0.0529. The van der Waals surface area contributed by atoms with Crippen LogP contribution in [0.4, 0.5) is 11.4 Å². The lowest BCUT2D eigenvalue weighted by molar-refractivity contribution is -0.115. The predicted octanol–water partition coefficient (Wildman–Crippen LogP) is 3.07. The Kier molecular flexibility index (Phi) is 3.85. The third kappa shape index (κ3) is 3.58. The summed E-state index contributed by atoms with van der Waals surface area (Å²) in [5, 5.41) is 2.90. The van der Waals surface area contributed by atoms with Crippen molar-refractivity contribution in [3.8, 4) is 0 Å². The van der Waals surface area contributed by atoms with E-state index in [1.807, 2.05) is 44.2 Å². The fraction of sp³-hybridized carbons (Fsp3) is 0.188. The first-order valence-corrected chi connectivity index (χ1v) is 6.26. The van der Waals surface area contributed by atoms with Crippen LogP contribution in [-0.4, -0.2) is 5.91 Å². The topological polar surface area (TPSA) is 55.1 Å². The van der Waals surface area contributed by atoms with E-state index < -0.39 is 0 Å². The first-order chi connectivity index (χ1) is 9.04. The summed E-state index contributed by atoms with van der Waals surface area (Å²) >= 11 is 0. The molecule has 0 saturated heterocycles. The minimum absolute atomic E-state index is 0.0529. The van der Waals surface area contributed by atoms with Crippen LogP contribution in [-0.2, 0) is 11.2 Å². The molecular formula is C16H18N2O. The number of nitrogens with one attached hydrogen (secondary N) is 1. The Morgan fingerprint density at radius 2 is 1.74 bits per heavy atom. The van der Waals surface area contributed by atoms with Crippen LogP contribution in [0.15, 0.2) is 42.5 Å². The fourth-order valence-corrected chi connectivity index (χ4v) is 2.12. The molecule has 19 heavy (non-hydrogen) atoms. The summed E-state index contributed by atoms with van der Waals surface area (Å²) in [6.07, 6.45) is 0.291. The van der Waals surface area contributed by atoms with Gasteiger partial charge in [-0.3, -0.25) is 4.79 Å². The normalized spacial score (nSPS) is 10.2. The highest BCUT2D eigenvalue weighted by Gasteiger charge is 2.07. The van der Waals surface area contributed by atoms with Gasteiger partial charge < -0.3 is 11.1 Å².